The third-order valence-electron chi connectivity index (χ3n) is 4.39. The minimum absolute atomic E-state index is 0.676. The minimum Gasteiger partial charge on any atom is -0.381 e. The highest BCUT2D eigenvalue weighted by atomic mass is 16.5. The fourth-order valence-electron chi connectivity index (χ4n) is 2.72. The third-order valence-corrected chi connectivity index (χ3v) is 4.39. The average molecular weight is 271 g/mol. The lowest BCUT2D eigenvalue weighted by Gasteiger charge is -2.25. The monoisotopic (exact) mass is 270 g/mol. The predicted octanol–water partition coefficient (Wildman–Crippen LogP) is 5.64. The van der Waals surface area contributed by atoms with Crippen molar-refractivity contribution in [3.05, 3.63) is 0 Å². The van der Waals surface area contributed by atoms with E-state index in [1.807, 2.05) is 0 Å². The second kappa shape index (κ2) is 9.80. The van der Waals surface area contributed by atoms with Gasteiger partial charge < -0.3 is 4.74 Å². The Kier molecular flexibility index (Phi) is 9.78. The van der Waals surface area contributed by atoms with Crippen LogP contribution in [0.5, 0.6) is 0 Å². The first-order chi connectivity index (χ1) is 8.73. The fraction of sp³-hybridized carbons (Fsp3) is 1.00. The lowest BCUT2D eigenvalue weighted by molar-refractivity contribution is 0.0473. The maximum Gasteiger partial charge on any atom is 0.0494 e. The van der Waals surface area contributed by atoms with Crippen LogP contribution in [0, 0.1) is 35.5 Å². The van der Waals surface area contributed by atoms with Crippen molar-refractivity contribution in [2.45, 2.75) is 68.2 Å². The molecule has 4 unspecified atom stereocenters. The Balaban J connectivity index is 3.83. The molecule has 116 valence electrons. The first-order valence-corrected chi connectivity index (χ1v) is 8.31. The Morgan fingerprint density at radius 1 is 0.526 bits per heavy atom. The van der Waals surface area contributed by atoms with Crippen LogP contribution in [-0.2, 0) is 4.74 Å². The van der Waals surface area contributed by atoms with Gasteiger partial charge in [-0.15, -0.1) is 0 Å². The van der Waals surface area contributed by atoms with Gasteiger partial charge in [-0.3, -0.25) is 0 Å². The second-order valence-corrected chi connectivity index (χ2v) is 7.71. The molecule has 0 saturated carbocycles. The van der Waals surface area contributed by atoms with Crippen molar-refractivity contribution in [2.24, 2.45) is 35.5 Å². The zero-order chi connectivity index (χ0) is 15.0. The summed E-state index contributed by atoms with van der Waals surface area (Å²) >= 11 is 0. The number of hydrogen-bond acceptors (Lipinski definition) is 1. The molecule has 0 aliphatic heterocycles. The standard InChI is InChI=1S/C18H38O/c1-13(2)9-15(5)17(7)11-19-12-18(8)16(6)10-14(3)4/h13-18H,9-12H2,1-8H3. The Morgan fingerprint density at radius 2 is 0.842 bits per heavy atom. The van der Waals surface area contributed by atoms with Crippen LogP contribution in [0.1, 0.15) is 68.2 Å². The highest BCUT2D eigenvalue weighted by molar-refractivity contribution is 4.66. The minimum atomic E-state index is 0.676. The summed E-state index contributed by atoms with van der Waals surface area (Å²) in [7, 11) is 0. The molecule has 0 bridgehead atoms. The van der Waals surface area contributed by atoms with Gasteiger partial charge in [0, 0.05) is 13.2 Å². The van der Waals surface area contributed by atoms with Gasteiger partial charge in [-0.1, -0.05) is 55.4 Å². The lowest BCUT2D eigenvalue weighted by atomic mass is 9.88. The molecule has 0 radical (unpaired) electrons. The number of hydrogen-bond donors (Lipinski definition) is 0. The summed E-state index contributed by atoms with van der Waals surface area (Å²) in [6.07, 6.45) is 2.62. The summed E-state index contributed by atoms with van der Waals surface area (Å²) in [4.78, 5) is 0. The Labute approximate surface area is 122 Å². The van der Waals surface area contributed by atoms with Gasteiger partial charge in [0.05, 0.1) is 0 Å². The SMILES string of the molecule is CC(C)CC(C)C(C)COCC(C)C(C)CC(C)C. The van der Waals surface area contributed by atoms with Crippen LogP contribution < -0.4 is 0 Å². The summed E-state index contributed by atoms with van der Waals surface area (Å²) in [6, 6.07) is 0. The molecule has 19 heavy (non-hydrogen) atoms. The van der Waals surface area contributed by atoms with Crippen molar-refractivity contribution in [3.8, 4) is 0 Å². The number of rotatable bonds is 10. The molecular weight excluding hydrogens is 232 g/mol. The summed E-state index contributed by atoms with van der Waals surface area (Å²) in [5.74, 6) is 4.47. The van der Waals surface area contributed by atoms with Gasteiger partial charge in [0.2, 0.25) is 0 Å². The highest BCUT2D eigenvalue weighted by Gasteiger charge is 2.17. The van der Waals surface area contributed by atoms with Crippen LogP contribution in [0.4, 0.5) is 0 Å². The van der Waals surface area contributed by atoms with E-state index in [0.717, 1.165) is 36.9 Å². The van der Waals surface area contributed by atoms with Crippen LogP contribution in [0.15, 0.2) is 0 Å². The molecule has 1 heteroatoms. The summed E-state index contributed by atoms with van der Waals surface area (Å²) in [5.41, 5.74) is 0. The van der Waals surface area contributed by atoms with Crippen LogP contribution in [-0.4, -0.2) is 13.2 Å². The first kappa shape index (κ1) is 19.0. The maximum absolute atomic E-state index is 5.96. The molecule has 0 aliphatic carbocycles. The fourth-order valence-corrected chi connectivity index (χ4v) is 2.72. The third kappa shape index (κ3) is 9.49. The molecule has 0 aromatic carbocycles. The van der Waals surface area contributed by atoms with Crippen molar-refractivity contribution in [1.82, 2.24) is 0 Å². The van der Waals surface area contributed by atoms with Crippen LogP contribution in [0.2, 0.25) is 0 Å². The molecule has 0 N–H and O–H groups in total. The van der Waals surface area contributed by atoms with Crippen LogP contribution >= 0.6 is 0 Å². The van der Waals surface area contributed by atoms with E-state index in [9.17, 15) is 0 Å². The predicted molar refractivity (Wildman–Crippen MR) is 86.4 cm³/mol. The van der Waals surface area contributed by atoms with Gasteiger partial charge in [0.1, 0.15) is 0 Å². The Morgan fingerprint density at radius 3 is 1.11 bits per heavy atom. The van der Waals surface area contributed by atoms with Crippen molar-refractivity contribution in [3.63, 3.8) is 0 Å². The molecule has 0 aliphatic rings. The molecule has 4 atom stereocenters. The summed E-state index contributed by atoms with van der Waals surface area (Å²) < 4.78 is 5.96. The van der Waals surface area contributed by atoms with E-state index in [4.69, 9.17) is 4.74 Å². The smallest absolute Gasteiger partial charge is 0.0494 e. The van der Waals surface area contributed by atoms with Crippen molar-refractivity contribution < 1.29 is 4.74 Å². The molecule has 0 rings (SSSR count). The highest BCUT2D eigenvalue weighted by Crippen LogP contribution is 2.22. The molecule has 0 heterocycles. The molecule has 0 amide bonds. The average Bonchev–Trinajstić information content (AvgIpc) is 2.26. The summed E-state index contributed by atoms with van der Waals surface area (Å²) in [5, 5.41) is 0. The lowest BCUT2D eigenvalue weighted by Crippen LogP contribution is -2.21. The topological polar surface area (TPSA) is 9.23 Å². The molecular formula is C18H38O. The van der Waals surface area contributed by atoms with Gasteiger partial charge in [0.25, 0.3) is 0 Å². The normalized spacial score (nSPS) is 18.6. The van der Waals surface area contributed by atoms with E-state index in [1.165, 1.54) is 12.8 Å². The molecule has 0 aromatic rings. The van der Waals surface area contributed by atoms with E-state index in [-0.39, 0.29) is 0 Å². The van der Waals surface area contributed by atoms with Crippen molar-refractivity contribution in [2.75, 3.05) is 13.2 Å². The van der Waals surface area contributed by atoms with E-state index in [1.54, 1.807) is 0 Å². The molecule has 0 saturated heterocycles. The van der Waals surface area contributed by atoms with Crippen LogP contribution in [0.3, 0.4) is 0 Å². The first-order valence-electron chi connectivity index (χ1n) is 8.31. The second-order valence-electron chi connectivity index (χ2n) is 7.71. The van der Waals surface area contributed by atoms with Crippen molar-refractivity contribution >= 4 is 0 Å². The van der Waals surface area contributed by atoms with E-state index in [0.29, 0.717) is 11.8 Å². The van der Waals surface area contributed by atoms with Gasteiger partial charge in [-0.25, -0.2) is 0 Å². The largest absolute Gasteiger partial charge is 0.381 e. The van der Waals surface area contributed by atoms with E-state index in [2.05, 4.69) is 55.4 Å². The van der Waals surface area contributed by atoms with Gasteiger partial charge in [0.15, 0.2) is 0 Å². The van der Waals surface area contributed by atoms with Crippen LogP contribution in [0.25, 0.3) is 0 Å². The van der Waals surface area contributed by atoms with Gasteiger partial charge in [-0.05, 0) is 48.3 Å². The molecule has 1 nitrogen and oxygen atoms in total. The van der Waals surface area contributed by atoms with E-state index < -0.39 is 0 Å². The van der Waals surface area contributed by atoms with Gasteiger partial charge in [-0.2, -0.15) is 0 Å². The Bertz CT molecular complexity index is 188. The zero-order valence-electron chi connectivity index (χ0n) is 14.7. The van der Waals surface area contributed by atoms with E-state index >= 15 is 0 Å². The molecule has 0 aromatic heterocycles. The molecule has 0 fully saturated rings. The zero-order valence-corrected chi connectivity index (χ0v) is 14.7. The molecule has 0 spiro atoms. The maximum atomic E-state index is 5.96. The Hall–Kier alpha value is -0.0400. The summed E-state index contributed by atoms with van der Waals surface area (Å²) in [6.45, 7) is 20.4. The quantitative estimate of drug-likeness (QED) is 0.499. The number of ether oxygens (including phenoxy) is 1. The van der Waals surface area contributed by atoms with Gasteiger partial charge >= 0.3 is 0 Å². The van der Waals surface area contributed by atoms with Crippen molar-refractivity contribution in [1.29, 1.82) is 0 Å².